The topological polar surface area (TPSA) is 131 Å². The Hall–Kier alpha value is -2.88. The molecule has 1 aromatic carbocycles. The van der Waals surface area contributed by atoms with Gasteiger partial charge in [-0.3, -0.25) is 20.2 Å². The van der Waals surface area contributed by atoms with Crippen LogP contribution in [0.2, 0.25) is 0 Å². The molecule has 1 aliphatic heterocycles. The summed E-state index contributed by atoms with van der Waals surface area (Å²) in [7, 11) is 0. The van der Waals surface area contributed by atoms with Crippen molar-refractivity contribution in [1.82, 2.24) is 10.6 Å². The van der Waals surface area contributed by atoms with Gasteiger partial charge >= 0.3 is 12.0 Å². The number of carboxylic acids is 1. The molecule has 0 aliphatic carbocycles. The van der Waals surface area contributed by atoms with E-state index < -0.39 is 30.4 Å². The zero-order valence-electron chi connectivity index (χ0n) is 12.9. The number of benzene rings is 1. The number of carbonyl (C=O) groups excluding carboxylic acids is 3. The van der Waals surface area contributed by atoms with Crippen molar-refractivity contribution in [3.05, 3.63) is 27.7 Å². The second-order valence-electron chi connectivity index (χ2n) is 4.74. The first-order valence-electron chi connectivity index (χ1n) is 7.01. The van der Waals surface area contributed by atoms with E-state index >= 15 is 0 Å². The van der Waals surface area contributed by atoms with Gasteiger partial charge in [0.15, 0.2) is 18.1 Å². The van der Waals surface area contributed by atoms with Gasteiger partial charge in [0.05, 0.1) is 11.1 Å². The summed E-state index contributed by atoms with van der Waals surface area (Å²) in [5.41, 5.74) is 0.154. The number of urea groups is 1. The van der Waals surface area contributed by atoms with E-state index in [0.717, 1.165) is 0 Å². The lowest BCUT2D eigenvalue weighted by molar-refractivity contribution is -0.139. The number of hydrogen-bond acceptors (Lipinski definition) is 6. The minimum atomic E-state index is -1.15. The van der Waals surface area contributed by atoms with Gasteiger partial charge in [0.25, 0.3) is 11.8 Å². The molecule has 0 saturated carbocycles. The van der Waals surface area contributed by atoms with Crippen LogP contribution in [0.25, 0.3) is 6.08 Å². The number of hydrogen-bond donors (Lipinski definition) is 3. The van der Waals surface area contributed by atoms with Crippen molar-refractivity contribution in [3.8, 4) is 11.5 Å². The van der Waals surface area contributed by atoms with Crippen LogP contribution in [0.1, 0.15) is 12.5 Å². The highest BCUT2D eigenvalue weighted by Gasteiger charge is 2.28. The van der Waals surface area contributed by atoms with Crippen molar-refractivity contribution >= 4 is 45.8 Å². The number of nitrogens with one attached hydrogen (secondary N) is 2. The Kier molecular flexibility index (Phi) is 5.75. The third-order valence-corrected chi connectivity index (χ3v) is 3.52. The summed E-state index contributed by atoms with van der Waals surface area (Å²) in [5, 5.41) is 12.7. The summed E-state index contributed by atoms with van der Waals surface area (Å²) in [6, 6.07) is 2.11. The van der Waals surface area contributed by atoms with Crippen molar-refractivity contribution in [2.75, 3.05) is 13.2 Å². The molecule has 132 valence electrons. The van der Waals surface area contributed by atoms with Gasteiger partial charge in [0.1, 0.15) is 5.57 Å². The highest BCUT2D eigenvalue weighted by Crippen LogP contribution is 2.37. The predicted octanol–water partition coefficient (Wildman–Crippen LogP) is 1.06. The van der Waals surface area contributed by atoms with Gasteiger partial charge in [-0.15, -0.1) is 0 Å². The van der Waals surface area contributed by atoms with Crippen molar-refractivity contribution in [1.29, 1.82) is 0 Å². The lowest BCUT2D eigenvalue weighted by atomic mass is 10.1. The fraction of sp³-hybridized carbons (Fsp3) is 0.200. The molecule has 1 fully saturated rings. The number of carboxylic acid groups (broad SMARTS) is 1. The summed E-state index contributed by atoms with van der Waals surface area (Å²) in [6.45, 7) is 1.45. The van der Waals surface area contributed by atoms with Crippen LogP contribution < -0.4 is 20.1 Å². The number of ether oxygens (including phenoxy) is 2. The van der Waals surface area contributed by atoms with Gasteiger partial charge in [-0.25, -0.2) is 9.59 Å². The molecule has 25 heavy (non-hydrogen) atoms. The van der Waals surface area contributed by atoms with Crippen LogP contribution >= 0.6 is 15.9 Å². The molecule has 4 amide bonds. The van der Waals surface area contributed by atoms with Gasteiger partial charge in [0, 0.05) is 0 Å². The quantitative estimate of drug-likeness (QED) is 0.470. The smallest absolute Gasteiger partial charge is 0.341 e. The first-order valence-corrected chi connectivity index (χ1v) is 7.80. The van der Waals surface area contributed by atoms with Crippen LogP contribution in [-0.2, 0) is 14.4 Å². The van der Waals surface area contributed by atoms with Gasteiger partial charge in [-0.2, -0.15) is 0 Å². The molecule has 0 spiro atoms. The molecule has 0 bridgehead atoms. The zero-order chi connectivity index (χ0) is 18.6. The summed E-state index contributed by atoms with van der Waals surface area (Å²) in [5.74, 6) is -2.39. The summed E-state index contributed by atoms with van der Waals surface area (Å²) in [6.07, 6.45) is 1.27. The predicted molar refractivity (Wildman–Crippen MR) is 88.1 cm³/mol. The maximum absolute atomic E-state index is 11.8. The summed E-state index contributed by atoms with van der Waals surface area (Å²) in [4.78, 5) is 45.3. The molecule has 0 unspecified atom stereocenters. The van der Waals surface area contributed by atoms with Crippen LogP contribution in [0.4, 0.5) is 4.79 Å². The Morgan fingerprint density at radius 3 is 2.40 bits per heavy atom. The third-order valence-electron chi connectivity index (χ3n) is 2.93. The lowest BCUT2D eigenvalue weighted by Crippen LogP contribution is -2.51. The Bertz CT molecular complexity index is 766. The molecule has 2 rings (SSSR count). The first kappa shape index (κ1) is 18.5. The molecule has 1 saturated heterocycles. The van der Waals surface area contributed by atoms with Crippen LogP contribution in [0.15, 0.2) is 22.2 Å². The molecule has 0 atom stereocenters. The van der Waals surface area contributed by atoms with E-state index in [-0.39, 0.29) is 23.7 Å². The maximum atomic E-state index is 11.8. The van der Waals surface area contributed by atoms with E-state index in [0.29, 0.717) is 10.0 Å². The highest BCUT2D eigenvalue weighted by molar-refractivity contribution is 9.10. The van der Waals surface area contributed by atoms with Crippen molar-refractivity contribution < 1.29 is 33.8 Å². The third kappa shape index (κ3) is 4.57. The van der Waals surface area contributed by atoms with E-state index in [1.54, 1.807) is 6.92 Å². The monoisotopic (exact) mass is 412 g/mol. The van der Waals surface area contributed by atoms with E-state index in [1.807, 2.05) is 10.6 Å². The maximum Gasteiger partial charge on any atom is 0.341 e. The average molecular weight is 413 g/mol. The fourth-order valence-electron chi connectivity index (χ4n) is 1.98. The lowest BCUT2D eigenvalue weighted by Gasteiger charge is -2.16. The van der Waals surface area contributed by atoms with Crippen LogP contribution in [0, 0.1) is 0 Å². The van der Waals surface area contributed by atoms with Crippen LogP contribution in [0.3, 0.4) is 0 Å². The number of rotatable bonds is 6. The summed E-state index contributed by atoms with van der Waals surface area (Å²) < 4.78 is 11.0. The second kappa shape index (κ2) is 7.79. The molecule has 10 heteroatoms. The fourth-order valence-corrected chi connectivity index (χ4v) is 2.56. The Balaban J connectivity index is 2.40. The molecule has 0 radical (unpaired) electrons. The van der Waals surface area contributed by atoms with Gasteiger partial charge < -0.3 is 14.6 Å². The van der Waals surface area contributed by atoms with Gasteiger partial charge in [-0.1, -0.05) is 0 Å². The van der Waals surface area contributed by atoms with Gasteiger partial charge in [0.2, 0.25) is 0 Å². The van der Waals surface area contributed by atoms with E-state index in [9.17, 15) is 19.2 Å². The number of barbiturate groups is 1. The van der Waals surface area contributed by atoms with E-state index in [4.69, 9.17) is 14.6 Å². The van der Waals surface area contributed by atoms with E-state index in [1.165, 1.54) is 18.2 Å². The van der Waals surface area contributed by atoms with Crippen LogP contribution in [0.5, 0.6) is 11.5 Å². The minimum absolute atomic E-state index is 0.180. The molecule has 1 aliphatic rings. The largest absolute Gasteiger partial charge is 0.490 e. The molecule has 3 N–H and O–H groups in total. The molecular weight excluding hydrogens is 400 g/mol. The van der Waals surface area contributed by atoms with Crippen molar-refractivity contribution in [2.24, 2.45) is 0 Å². The normalized spacial score (nSPS) is 13.8. The molecule has 0 aromatic heterocycles. The Morgan fingerprint density at radius 2 is 1.84 bits per heavy atom. The molecule has 9 nitrogen and oxygen atoms in total. The number of carbonyl (C=O) groups is 4. The van der Waals surface area contributed by atoms with Crippen LogP contribution in [-0.4, -0.2) is 42.1 Å². The van der Waals surface area contributed by atoms with Gasteiger partial charge in [-0.05, 0) is 46.6 Å². The van der Waals surface area contributed by atoms with Crippen molar-refractivity contribution in [2.45, 2.75) is 6.92 Å². The SMILES string of the molecule is CCOc1cc(C=C2C(=O)NC(=O)NC2=O)cc(Br)c1OCC(=O)O. The average Bonchev–Trinajstić information content (AvgIpc) is 2.50. The molecule has 1 heterocycles. The number of amides is 4. The Labute approximate surface area is 150 Å². The first-order chi connectivity index (χ1) is 11.8. The highest BCUT2D eigenvalue weighted by atomic mass is 79.9. The minimum Gasteiger partial charge on any atom is -0.490 e. The Morgan fingerprint density at radius 1 is 1.20 bits per heavy atom. The number of imide groups is 2. The zero-order valence-corrected chi connectivity index (χ0v) is 14.5. The molecule has 1 aromatic rings. The summed E-state index contributed by atoms with van der Waals surface area (Å²) >= 11 is 3.24. The van der Waals surface area contributed by atoms with Crippen molar-refractivity contribution in [3.63, 3.8) is 0 Å². The van der Waals surface area contributed by atoms with E-state index in [2.05, 4.69) is 15.9 Å². The molecular formula is C15H13BrN2O7. The second-order valence-corrected chi connectivity index (χ2v) is 5.60. The standard InChI is InChI=1S/C15H13BrN2O7/c1-2-24-10-5-7(4-9(16)12(10)25-6-11(19)20)3-8-13(21)17-15(23)18-14(8)22/h3-5H,2,6H2,1H3,(H,19,20)(H2,17,18,21,22,23). The number of aliphatic carboxylic acids is 1. The number of halogens is 1.